The van der Waals surface area contributed by atoms with Crippen molar-refractivity contribution in [3.8, 4) is 11.3 Å². The van der Waals surface area contributed by atoms with Gasteiger partial charge in [-0.05, 0) is 54.6 Å². The van der Waals surface area contributed by atoms with Crippen molar-refractivity contribution in [2.45, 2.75) is 0 Å². The first kappa shape index (κ1) is 19.7. The molecule has 30 heavy (non-hydrogen) atoms. The molecule has 1 saturated heterocycles. The quantitative estimate of drug-likeness (QED) is 0.357. The van der Waals surface area contributed by atoms with Gasteiger partial charge in [-0.2, -0.15) is 0 Å². The third kappa shape index (κ3) is 3.77. The number of rotatable bonds is 4. The predicted octanol–water partition coefficient (Wildman–Crippen LogP) is 3.96. The first-order valence-electron chi connectivity index (χ1n) is 8.87. The standard InChI is InChI=1S/C22H15BrN2O5/c1-29-22(28)14-4-2-13(3-5-14)19-11-10-17(30-19)12-18-20(26)24-25(21(18)27)16-8-6-15(23)7-9-16/h2-12H,1H3,(H,24,26). The van der Waals surface area contributed by atoms with E-state index in [0.717, 1.165) is 10.0 Å². The van der Waals surface area contributed by atoms with Gasteiger partial charge in [0.25, 0.3) is 11.8 Å². The molecule has 1 fully saturated rings. The number of hydrazine groups is 1. The molecular formula is C22H15BrN2O5. The average molecular weight is 467 g/mol. The molecule has 4 rings (SSSR count). The summed E-state index contributed by atoms with van der Waals surface area (Å²) in [5.41, 5.74) is 4.23. The van der Waals surface area contributed by atoms with E-state index in [0.29, 0.717) is 22.8 Å². The molecule has 3 aromatic rings. The highest BCUT2D eigenvalue weighted by Crippen LogP contribution is 2.26. The normalized spacial score (nSPS) is 14.9. The molecule has 0 saturated carbocycles. The maximum absolute atomic E-state index is 12.7. The Morgan fingerprint density at radius 1 is 1.03 bits per heavy atom. The third-order valence-corrected chi connectivity index (χ3v) is 5.01. The molecule has 7 nitrogen and oxygen atoms in total. The second-order valence-electron chi connectivity index (χ2n) is 6.39. The van der Waals surface area contributed by atoms with Crippen LogP contribution in [0.25, 0.3) is 17.4 Å². The van der Waals surface area contributed by atoms with Gasteiger partial charge in [0.05, 0.1) is 18.4 Å². The molecule has 0 atom stereocenters. The number of anilines is 1. The second-order valence-corrected chi connectivity index (χ2v) is 7.30. The molecule has 0 radical (unpaired) electrons. The van der Waals surface area contributed by atoms with Crippen molar-refractivity contribution >= 4 is 45.5 Å². The predicted molar refractivity (Wildman–Crippen MR) is 113 cm³/mol. The fraction of sp³-hybridized carbons (Fsp3) is 0.0455. The number of halogens is 1. The number of nitrogens with zero attached hydrogens (tertiary/aromatic N) is 1. The van der Waals surface area contributed by atoms with Crippen LogP contribution < -0.4 is 10.4 Å². The van der Waals surface area contributed by atoms with Crippen LogP contribution >= 0.6 is 15.9 Å². The molecule has 1 N–H and O–H groups in total. The van der Waals surface area contributed by atoms with E-state index in [4.69, 9.17) is 4.42 Å². The minimum Gasteiger partial charge on any atom is -0.465 e. The Bertz CT molecular complexity index is 1160. The van der Waals surface area contributed by atoms with E-state index >= 15 is 0 Å². The molecule has 0 bridgehead atoms. The summed E-state index contributed by atoms with van der Waals surface area (Å²) in [6.07, 6.45) is 1.41. The number of carbonyl (C=O) groups excluding carboxylic acids is 3. The summed E-state index contributed by atoms with van der Waals surface area (Å²) in [5.74, 6) is -0.509. The maximum Gasteiger partial charge on any atom is 0.337 e. The maximum atomic E-state index is 12.7. The van der Waals surface area contributed by atoms with Crippen LogP contribution in [-0.4, -0.2) is 24.9 Å². The summed E-state index contributed by atoms with van der Waals surface area (Å²) in [4.78, 5) is 36.5. The van der Waals surface area contributed by atoms with Gasteiger partial charge < -0.3 is 9.15 Å². The molecule has 2 heterocycles. The van der Waals surface area contributed by atoms with Crippen molar-refractivity contribution in [1.82, 2.24) is 5.43 Å². The van der Waals surface area contributed by atoms with Crippen molar-refractivity contribution in [2.24, 2.45) is 0 Å². The highest BCUT2D eigenvalue weighted by molar-refractivity contribution is 9.10. The number of esters is 1. The van der Waals surface area contributed by atoms with E-state index in [2.05, 4.69) is 26.1 Å². The Morgan fingerprint density at radius 3 is 2.40 bits per heavy atom. The van der Waals surface area contributed by atoms with E-state index in [-0.39, 0.29) is 5.57 Å². The van der Waals surface area contributed by atoms with Gasteiger partial charge in [0, 0.05) is 10.0 Å². The molecule has 1 aliphatic rings. The Hall–Kier alpha value is -3.65. The van der Waals surface area contributed by atoms with Gasteiger partial charge in [0.1, 0.15) is 17.1 Å². The van der Waals surface area contributed by atoms with Crippen LogP contribution in [0.3, 0.4) is 0 Å². The van der Waals surface area contributed by atoms with E-state index in [9.17, 15) is 14.4 Å². The minimum atomic E-state index is -0.511. The molecule has 0 unspecified atom stereocenters. The lowest BCUT2D eigenvalue weighted by molar-refractivity contribution is -0.117. The van der Waals surface area contributed by atoms with Crippen LogP contribution in [0.4, 0.5) is 5.69 Å². The van der Waals surface area contributed by atoms with Gasteiger partial charge in [-0.25, -0.2) is 9.80 Å². The number of furan rings is 1. The highest BCUT2D eigenvalue weighted by Gasteiger charge is 2.34. The number of hydrogen-bond acceptors (Lipinski definition) is 5. The summed E-state index contributed by atoms with van der Waals surface area (Å²) >= 11 is 3.34. The molecule has 2 aromatic carbocycles. The zero-order valence-corrected chi connectivity index (χ0v) is 17.3. The molecule has 2 amide bonds. The zero-order chi connectivity index (χ0) is 21.3. The SMILES string of the molecule is COC(=O)c1ccc(-c2ccc(C=C3C(=O)NN(c4ccc(Br)cc4)C3=O)o2)cc1. The van der Waals surface area contributed by atoms with Crippen molar-refractivity contribution < 1.29 is 23.5 Å². The Labute approximate surface area is 180 Å². The zero-order valence-electron chi connectivity index (χ0n) is 15.7. The van der Waals surface area contributed by atoms with Crippen LogP contribution in [0.2, 0.25) is 0 Å². The molecule has 150 valence electrons. The van der Waals surface area contributed by atoms with Crippen LogP contribution in [0.1, 0.15) is 16.1 Å². The van der Waals surface area contributed by atoms with Gasteiger partial charge >= 0.3 is 5.97 Å². The number of amides is 2. The molecule has 0 spiro atoms. The van der Waals surface area contributed by atoms with Gasteiger partial charge in [-0.15, -0.1) is 0 Å². The van der Waals surface area contributed by atoms with Crippen LogP contribution in [0.5, 0.6) is 0 Å². The lowest BCUT2D eigenvalue weighted by Crippen LogP contribution is -2.35. The summed E-state index contributed by atoms with van der Waals surface area (Å²) in [5, 5.41) is 1.19. The van der Waals surface area contributed by atoms with E-state index in [1.54, 1.807) is 60.7 Å². The fourth-order valence-electron chi connectivity index (χ4n) is 2.95. The largest absolute Gasteiger partial charge is 0.465 e. The van der Waals surface area contributed by atoms with Crippen LogP contribution in [0.15, 0.2) is 75.1 Å². The lowest BCUT2D eigenvalue weighted by atomic mass is 10.1. The summed E-state index contributed by atoms with van der Waals surface area (Å²) in [7, 11) is 1.32. The topological polar surface area (TPSA) is 88.9 Å². The smallest absolute Gasteiger partial charge is 0.337 e. The van der Waals surface area contributed by atoms with E-state index in [1.165, 1.54) is 18.2 Å². The molecule has 1 aromatic heterocycles. The number of carbonyl (C=O) groups is 3. The molecule has 1 aliphatic heterocycles. The van der Waals surface area contributed by atoms with Crippen molar-refractivity contribution in [3.63, 3.8) is 0 Å². The Kier molecular flexibility index (Phi) is 5.24. The number of ether oxygens (including phenoxy) is 1. The summed E-state index contributed by atoms with van der Waals surface area (Å²) < 4.78 is 11.3. The second kappa shape index (κ2) is 8.00. The van der Waals surface area contributed by atoms with Crippen LogP contribution in [-0.2, 0) is 14.3 Å². The van der Waals surface area contributed by atoms with Crippen molar-refractivity contribution in [3.05, 3.63) is 82.0 Å². The number of hydrogen-bond donors (Lipinski definition) is 1. The lowest BCUT2D eigenvalue weighted by Gasteiger charge is -2.14. The van der Waals surface area contributed by atoms with Gasteiger partial charge in [0.2, 0.25) is 0 Å². The van der Waals surface area contributed by atoms with Crippen molar-refractivity contribution in [2.75, 3.05) is 12.1 Å². The van der Waals surface area contributed by atoms with Gasteiger partial charge in [-0.3, -0.25) is 15.0 Å². The Balaban J connectivity index is 1.56. The first-order chi connectivity index (χ1) is 14.5. The van der Waals surface area contributed by atoms with E-state index < -0.39 is 17.8 Å². The highest BCUT2D eigenvalue weighted by atomic mass is 79.9. The molecule has 0 aliphatic carbocycles. The average Bonchev–Trinajstić information content (AvgIpc) is 3.34. The van der Waals surface area contributed by atoms with Crippen molar-refractivity contribution in [1.29, 1.82) is 0 Å². The van der Waals surface area contributed by atoms with Gasteiger partial charge in [-0.1, -0.05) is 28.1 Å². The summed E-state index contributed by atoms with van der Waals surface area (Å²) in [6.45, 7) is 0. The summed E-state index contributed by atoms with van der Waals surface area (Å²) in [6, 6.07) is 17.1. The number of benzene rings is 2. The fourth-order valence-corrected chi connectivity index (χ4v) is 3.21. The number of methoxy groups -OCH3 is 1. The number of nitrogens with one attached hydrogen (secondary N) is 1. The molecular weight excluding hydrogens is 452 g/mol. The molecule has 8 heteroatoms. The van der Waals surface area contributed by atoms with E-state index in [1.807, 2.05) is 0 Å². The van der Waals surface area contributed by atoms with Gasteiger partial charge in [0.15, 0.2) is 0 Å². The first-order valence-corrected chi connectivity index (χ1v) is 9.67. The third-order valence-electron chi connectivity index (χ3n) is 4.48. The Morgan fingerprint density at radius 2 is 1.73 bits per heavy atom. The monoisotopic (exact) mass is 466 g/mol. The van der Waals surface area contributed by atoms with Crippen LogP contribution in [0, 0.1) is 0 Å². The minimum absolute atomic E-state index is 0.0279.